The molecular weight excluding hydrogens is 375 g/mol. The Morgan fingerprint density at radius 2 is 1.70 bits per heavy atom. The summed E-state index contributed by atoms with van der Waals surface area (Å²) in [4.78, 5) is 0. The van der Waals surface area contributed by atoms with Crippen molar-refractivity contribution in [3.63, 3.8) is 0 Å². The minimum absolute atomic E-state index is 0.131. The molecule has 0 spiro atoms. The first-order chi connectivity index (χ1) is 14.5. The van der Waals surface area contributed by atoms with Crippen LogP contribution >= 0.6 is 0 Å². The SMILES string of the molecule is C=CC(C)(CCCc1ccc(F)c(Oc2ccccc2)c1)c1ccc(OCC)cc1. The molecule has 0 amide bonds. The Kier molecular flexibility index (Phi) is 7.29. The highest BCUT2D eigenvalue weighted by atomic mass is 19.1. The van der Waals surface area contributed by atoms with Crippen molar-refractivity contribution >= 4 is 0 Å². The van der Waals surface area contributed by atoms with Gasteiger partial charge >= 0.3 is 0 Å². The average molecular weight is 405 g/mol. The van der Waals surface area contributed by atoms with Crippen LogP contribution in [0.25, 0.3) is 0 Å². The highest BCUT2D eigenvalue weighted by molar-refractivity contribution is 5.36. The molecule has 30 heavy (non-hydrogen) atoms. The van der Waals surface area contributed by atoms with E-state index in [1.54, 1.807) is 6.07 Å². The van der Waals surface area contributed by atoms with E-state index in [4.69, 9.17) is 9.47 Å². The van der Waals surface area contributed by atoms with Crippen molar-refractivity contribution in [2.24, 2.45) is 0 Å². The van der Waals surface area contributed by atoms with Crippen molar-refractivity contribution in [3.8, 4) is 17.2 Å². The van der Waals surface area contributed by atoms with Crippen LogP contribution < -0.4 is 9.47 Å². The minimum atomic E-state index is -0.354. The first-order valence-electron chi connectivity index (χ1n) is 10.4. The van der Waals surface area contributed by atoms with E-state index in [0.29, 0.717) is 12.4 Å². The van der Waals surface area contributed by atoms with E-state index in [0.717, 1.165) is 30.6 Å². The summed E-state index contributed by atoms with van der Waals surface area (Å²) in [6.45, 7) is 8.90. The van der Waals surface area contributed by atoms with Crippen LogP contribution in [0.1, 0.15) is 37.8 Å². The first-order valence-corrected chi connectivity index (χ1v) is 10.4. The van der Waals surface area contributed by atoms with Gasteiger partial charge < -0.3 is 9.47 Å². The molecule has 1 atom stereocenters. The van der Waals surface area contributed by atoms with Gasteiger partial charge in [0.05, 0.1) is 6.61 Å². The molecule has 2 nitrogen and oxygen atoms in total. The van der Waals surface area contributed by atoms with Gasteiger partial charge in [0.25, 0.3) is 0 Å². The fraction of sp³-hybridized carbons (Fsp3) is 0.259. The molecule has 156 valence electrons. The van der Waals surface area contributed by atoms with E-state index in [2.05, 4.69) is 25.6 Å². The summed E-state index contributed by atoms with van der Waals surface area (Å²) >= 11 is 0. The summed E-state index contributed by atoms with van der Waals surface area (Å²) in [5, 5.41) is 0. The van der Waals surface area contributed by atoms with Crippen molar-refractivity contribution in [3.05, 3.63) is 102 Å². The van der Waals surface area contributed by atoms with Crippen LogP contribution in [0.4, 0.5) is 4.39 Å². The normalized spacial score (nSPS) is 12.8. The zero-order chi connectivity index (χ0) is 21.4. The Morgan fingerprint density at radius 3 is 2.37 bits per heavy atom. The van der Waals surface area contributed by atoms with Crippen molar-refractivity contribution in [2.75, 3.05) is 6.61 Å². The molecule has 0 radical (unpaired) electrons. The standard InChI is InChI=1S/C27H29FO2/c1-4-27(3,22-14-16-23(17-15-22)29-5-2)19-9-10-21-13-18-25(28)26(20-21)30-24-11-7-6-8-12-24/h4,6-8,11-18,20H,1,5,9-10,19H2,2-3H3. The number of hydrogen-bond acceptors (Lipinski definition) is 2. The summed E-state index contributed by atoms with van der Waals surface area (Å²) in [5.41, 5.74) is 2.14. The molecule has 0 aliphatic carbocycles. The van der Waals surface area contributed by atoms with Gasteiger partial charge in [-0.15, -0.1) is 6.58 Å². The Bertz CT molecular complexity index is 950. The minimum Gasteiger partial charge on any atom is -0.494 e. The third kappa shape index (κ3) is 5.50. The maximum absolute atomic E-state index is 14.2. The Labute approximate surface area is 179 Å². The summed E-state index contributed by atoms with van der Waals surface area (Å²) in [6, 6.07) is 22.6. The monoisotopic (exact) mass is 404 g/mol. The third-order valence-electron chi connectivity index (χ3n) is 5.40. The number of rotatable bonds is 10. The molecule has 3 aromatic rings. The van der Waals surface area contributed by atoms with Crippen molar-refractivity contribution < 1.29 is 13.9 Å². The number of aryl methyl sites for hydroxylation is 1. The van der Waals surface area contributed by atoms with E-state index in [1.165, 1.54) is 11.6 Å². The van der Waals surface area contributed by atoms with E-state index >= 15 is 0 Å². The Balaban J connectivity index is 1.64. The van der Waals surface area contributed by atoms with Gasteiger partial charge in [-0.05, 0) is 73.7 Å². The molecule has 0 fully saturated rings. The van der Waals surface area contributed by atoms with Gasteiger partial charge in [0, 0.05) is 5.41 Å². The quantitative estimate of drug-likeness (QED) is 0.326. The molecule has 0 aromatic heterocycles. The molecule has 3 rings (SSSR count). The number of halogens is 1. The summed E-state index contributed by atoms with van der Waals surface area (Å²) in [6.07, 6.45) is 4.74. The molecule has 1 unspecified atom stereocenters. The lowest BCUT2D eigenvalue weighted by Crippen LogP contribution is -2.18. The van der Waals surface area contributed by atoms with Crippen LogP contribution in [0.5, 0.6) is 17.2 Å². The van der Waals surface area contributed by atoms with Gasteiger partial charge in [0.15, 0.2) is 11.6 Å². The van der Waals surface area contributed by atoms with E-state index < -0.39 is 0 Å². The molecular formula is C27H29FO2. The molecule has 3 heteroatoms. The predicted molar refractivity (Wildman–Crippen MR) is 121 cm³/mol. The lowest BCUT2D eigenvalue weighted by molar-refractivity contribution is 0.340. The maximum atomic E-state index is 14.2. The molecule has 0 saturated heterocycles. The average Bonchev–Trinajstić information content (AvgIpc) is 2.77. The van der Waals surface area contributed by atoms with Gasteiger partial charge in [-0.2, -0.15) is 0 Å². The Hall–Kier alpha value is -3.07. The lowest BCUT2D eigenvalue weighted by atomic mass is 9.78. The number of para-hydroxylation sites is 1. The highest BCUT2D eigenvalue weighted by Gasteiger charge is 2.22. The maximum Gasteiger partial charge on any atom is 0.165 e. The molecule has 0 aliphatic rings. The summed E-state index contributed by atoms with van der Waals surface area (Å²) < 4.78 is 25.4. The number of allylic oxidation sites excluding steroid dienone is 1. The van der Waals surface area contributed by atoms with E-state index in [9.17, 15) is 4.39 Å². The second-order valence-electron chi connectivity index (χ2n) is 7.61. The fourth-order valence-electron chi connectivity index (χ4n) is 3.52. The lowest BCUT2D eigenvalue weighted by Gasteiger charge is -2.27. The number of hydrogen-bond donors (Lipinski definition) is 0. The second-order valence-corrected chi connectivity index (χ2v) is 7.61. The van der Waals surface area contributed by atoms with Crippen LogP contribution in [-0.2, 0) is 11.8 Å². The number of ether oxygens (including phenoxy) is 2. The van der Waals surface area contributed by atoms with Crippen molar-refractivity contribution in [1.29, 1.82) is 0 Å². The van der Waals surface area contributed by atoms with Gasteiger partial charge in [0.1, 0.15) is 11.5 Å². The van der Waals surface area contributed by atoms with Crippen LogP contribution in [0, 0.1) is 5.82 Å². The van der Waals surface area contributed by atoms with Gasteiger partial charge in [0.2, 0.25) is 0 Å². The van der Waals surface area contributed by atoms with E-state index in [1.807, 2.05) is 61.5 Å². The largest absolute Gasteiger partial charge is 0.494 e. The first kappa shape index (κ1) is 21.6. The highest BCUT2D eigenvalue weighted by Crippen LogP contribution is 2.33. The zero-order valence-electron chi connectivity index (χ0n) is 17.7. The van der Waals surface area contributed by atoms with Gasteiger partial charge in [-0.3, -0.25) is 0 Å². The van der Waals surface area contributed by atoms with Gasteiger partial charge in [-0.1, -0.05) is 49.4 Å². The predicted octanol–water partition coefficient (Wildman–Crippen LogP) is 7.48. The van der Waals surface area contributed by atoms with Crippen LogP contribution in [0.2, 0.25) is 0 Å². The summed E-state index contributed by atoms with van der Waals surface area (Å²) in [5.74, 6) is 1.41. The van der Waals surface area contributed by atoms with Gasteiger partial charge in [-0.25, -0.2) is 4.39 Å². The van der Waals surface area contributed by atoms with Crippen molar-refractivity contribution in [2.45, 2.75) is 38.5 Å². The zero-order valence-corrected chi connectivity index (χ0v) is 17.7. The second kappa shape index (κ2) is 10.1. The van der Waals surface area contributed by atoms with Crippen molar-refractivity contribution in [1.82, 2.24) is 0 Å². The van der Waals surface area contributed by atoms with Crippen LogP contribution in [-0.4, -0.2) is 6.61 Å². The number of benzene rings is 3. The smallest absolute Gasteiger partial charge is 0.165 e. The molecule has 0 saturated carbocycles. The molecule has 0 bridgehead atoms. The van der Waals surface area contributed by atoms with E-state index in [-0.39, 0.29) is 17.0 Å². The van der Waals surface area contributed by atoms with Crippen LogP contribution in [0.3, 0.4) is 0 Å². The topological polar surface area (TPSA) is 18.5 Å². The fourth-order valence-corrected chi connectivity index (χ4v) is 3.52. The molecule has 0 aliphatic heterocycles. The van der Waals surface area contributed by atoms with Crippen LogP contribution in [0.15, 0.2) is 85.5 Å². The molecule has 0 N–H and O–H groups in total. The summed E-state index contributed by atoms with van der Waals surface area (Å²) in [7, 11) is 0. The molecule has 3 aromatic carbocycles. The molecule has 0 heterocycles. The Morgan fingerprint density at radius 1 is 0.967 bits per heavy atom. The third-order valence-corrected chi connectivity index (χ3v) is 5.40.